The molecule has 0 spiro atoms. The van der Waals surface area contributed by atoms with Crippen LogP contribution < -0.4 is 5.32 Å². The van der Waals surface area contributed by atoms with Gasteiger partial charge in [-0.15, -0.1) is 24.8 Å². The van der Waals surface area contributed by atoms with Gasteiger partial charge in [0, 0.05) is 31.5 Å². The molecule has 1 saturated carbocycles. The van der Waals surface area contributed by atoms with Gasteiger partial charge < -0.3 is 10.2 Å². The maximum atomic E-state index is 12.2. The Balaban J connectivity index is 0.00000110. The number of nitrogens with one attached hydrogen (secondary N) is 1. The van der Waals surface area contributed by atoms with Crippen molar-refractivity contribution >= 4 is 30.7 Å². The van der Waals surface area contributed by atoms with Gasteiger partial charge in [0.05, 0.1) is 5.56 Å². The van der Waals surface area contributed by atoms with Gasteiger partial charge in [0.1, 0.15) is 0 Å². The van der Waals surface area contributed by atoms with Crippen molar-refractivity contribution in [3.8, 4) is 0 Å². The third-order valence-corrected chi connectivity index (χ3v) is 4.08. The van der Waals surface area contributed by atoms with Gasteiger partial charge in [-0.25, -0.2) is 0 Å². The van der Waals surface area contributed by atoms with Crippen molar-refractivity contribution in [1.29, 1.82) is 0 Å². The standard InChI is InChI=1S/C15H21N3O.2ClH/c19-15(13-2-1-7-16-11-13)18-8-5-14(6-9-18)17-10-12-3-4-12;;/h1-2,7,11-12,14,17H,3-6,8-10H2;2*1H. The molecule has 0 unspecified atom stereocenters. The largest absolute Gasteiger partial charge is 0.338 e. The maximum Gasteiger partial charge on any atom is 0.255 e. The zero-order valence-corrected chi connectivity index (χ0v) is 13.7. The summed E-state index contributed by atoms with van der Waals surface area (Å²) in [4.78, 5) is 18.2. The first-order valence-electron chi connectivity index (χ1n) is 7.25. The molecule has 0 radical (unpaired) electrons. The average molecular weight is 332 g/mol. The normalized spacial score (nSPS) is 18.6. The number of aromatic nitrogens is 1. The van der Waals surface area contributed by atoms with E-state index in [1.54, 1.807) is 12.4 Å². The lowest BCUT2D eigenvalue weighted by atomic mass is 10.0. The monoisotopic (exact) mass is 331 g/mol. The molecule has 0 atom stereocenters. The first-order chi connectivity index (χ1) is 9.33. The van der Waals surface area contributed by atoms with Gasteiger partial charge in [0.15, 0.2) is 0 Å². The van der Waals surface area contributed by atoms with Crippen LogP contribution in [0.25, 0.3) is 0 Å². The van der Waals surface area contributed by atoms with Gasteiger partial charge in [-0.2, -0.15) is 0 Å². The lowest BCUT2D eigenvalue weighted by molar-refractivity contribution is 0.0704. The number of likely N-dealkylation sites (tertiary alicyclic amines) is 1. The van der Waals surface area contributed by atoms with Gasteiger partial charge in [0.25, 0.3) is 5.91 Å². The van der Waals surface area contributed by atoms with Crippen LogP contribution in [0, 0.1) is 5.92 Å². The predicted molar refractivity (Wildman–Crippen MR) is 88.4 cm³/mol. The number of piperidine rings is 1. The number of nitrogens with zero attached hydrogens (tertiary/aromatic N) is 2. The number of rotatable bonds is 4. The fourth-order valence-corrected chi connectivity index (χ4v) is 2.61. The second kappa shape index (κ2) is 8.57. The molecule has 1 saturated heterocycles. The molecular weight excluding hydrogens is 309 g/mol. The first kappa shape index (κ1) is 18.2. The fraction of sp³-hybridized carbons (Fsp3) is 0.600. The summed E-state index contributed by atoms with van der Waals surface area (Å²) in [6.07, 6.45) is 8.28. The summed E-state index contributed by atoms with van der Waals surface area (Å²) in [7, 11) is 0. The van der Waals surface area contributed by atoms with Gasteiger partial charge in [-0.3, -0.25) is 9.78 Å². The minimum Gasteiger partial charge on any atom is -0.338 e. The number of halogens is 2. The predicted octanol–water partition coefficient (Wildman–Crippen LogP) is 2.53. The Labute approximate surface area is 138 Å². The molecule has 1 amide bonds. The van der Waals surface area contributed by atoms with Crippen molar-refractivity contribution in [3.05, 3.63) is 30.1 Å². The highest BCUT2D eigenvalue weighted by Gasteiger charge is 2.26. The van der Waals surface area contributed by atoms with Gasteiger partial charge in [0.2, 0.25) is 0 Å². The molecule has 1 aliphatic heterocycles. The van der Waals surface area contributed by atoms with E-state index in [-0.39, 0.29) is 30.7 Å². The zero-order valence-electron chi connectivity index (χ0n) is 12.0. The first-order valence-corrected chi connectivity index (χ1v) is 7.25. The molecule has 2 aliphatic rings. The topological polar surface area (TPSA) is 45.2 Å². The Kier molecular flexibility index (Phi) is 7.43. The highest BCUT2D eigenvalue weighted by molar-refractivity contribution is 5.93. The Morgan fingerprint density at radius 3 is 2.52 bits per heavy atom. The van der Waals surface area contributed by atoms with Crippen LogP contribution in [-0.4, -0.2) is 41.5 Å². The van der Waals surface area contributed by atoms with E-state index in [1.807, 2.05) is 17.0 Å². The number of carbonyl (C=O) groups is 1. The second-order valence-electron chi connectivity index (χ2n) is 5.66. The van der Waals surface area contributed by atoms with Gasteiger partial charge >= 0.3 is 0 Å². The summed E-state index contributed by atoms with van der Waals surface area (Å²) < 4.78 is 0. The van der Waals surface area contributed by atoms with Gasteiger partial charge in [-0.05, 0) is 50.3 Å². The molecule has 0 aromatic carbocycles. The summed E-state index contributed by atoms with van der Waals surface area (Å²) in [5.74, 6) is 1.05. The van der Waals surface area contributed by atoms with E-state index >= 15 is 0 Å². The second-order valence-corrected chi connectivity index (χ2v) is 5.66. The Morgan fingerprint density at radius 2 is 1.95 bits per heavy atom. The number of hydrogen-bond donors (Lipinski definition) is 1. The molecule has 2 heterocycles. The minimum atomic E-state index is 0. The Morgan fingerprint density at radius 1 is 1.24 bits per heavy atom. The van der Waals surface area contributed by atoms with Crippen LogP contribution in [0.1, 0.15) is 36.0 Å². The molecule has 1 N–H and O–H groups in total. The molecule has 0 bridgehead atoms. The molecule has 118 valence electrons. The van der Waals surface area contributed by atoms with E-state index in [2.05, 4.69) is 10.3 Å². The van der Waals surface area contributed by atoms with Crippen LogP contribution in [0.15, 0.2) is 24.5 Å². The van der Waals surface area contributed by atoms with Crippen LogP contribution in [0.4, 0.5) is 0 Å². The quantitative estimate of drug-likeness (QED) is 0.922. The van der Waals surface area contributed by atoms with E-state index < -0.39 is 0 Å². The zero-order chi connectivity index (χ0) is 13.1. The molecule has 3 rings (SSSR count). The smallest absolute Gasteiger partial charge is 0.255 e. The van der Waals surface area contributed by atoms with Crippen LogP contribution in [-0.2, 0) is 0 Å². The summed E-state index contributed by atoms with van der Waals surface area (Å²) in [6, 6.07) is 4.25. The van der Waals surface area contributed by atoms with E-state index in [0.29, 0.717) is 11.6 Å². The lowest BCUT2D eigenvalue weighted by Crippen LogP contribution is -2.45. The number of amides is 1. The molecular formula is C15H23Cl2N3O. The van der Waals surface area contributed by atoms with Crippen molar-refractivity contribution in [1.82, 2.24) is 15.2 Å². The molecule has 4 nitrogen and oxygen atoms in total. The van der Waals surface area contributed by atoms with Crippen molar-refractivity contribution in [2.75, 3.05) is 19.6 Å². The van der Waals surface area contributed by atoms with Crippen molar-refractivity contribution in [3.63, 3.8) is 0 Å². The molecule has 1 aromatic heterocycles. The molecule has 2 fully saturated rings. The Hall–Kier alpha value is -0.840. The van der Waals surface area contributed by atoms with Gasteiger partial charge in [-0.1, -0.05) is 0 Å². The third kappa shape index (κ3) is 5.13. The number of pyridine rings is 1. The van der Waals surface area contributed by atoms with Crippen LogP contribution >= 0.6 is 24.8 Å². The third-order valence-electron chi connectivity index (χ3n) is 4.08. The number of hydrogen-bond acceptors (Lipinski definition) is 3. The fourth-order valence-electron chi connectivity index (χ4n) is 2.61. The SMILES string of the molecule is Cl.Cl.O=C(c1cccnc1)N1CCC(NCC2CC2)CC1. The molecule has 1 aliphatic carbocycles. The van der Waals surface area contributed by atoms with E-state index in [9.17, 15) is 4.79 Å². The Bertz CT molecular complexity index is 432. The summed E-state index contributed by atoms with van der Waals surface area (Å²) in [5.41, 5.74) is 0.701. The van der Waals surface area contributed by atoms with Crippen molar-refractivity contribution < 1.29 is 4.79 Å². The summed E-state index contributed by atoms with van der Waals surface area (Å²) in [5, 5.41) is 3.63. The van der Waals surface area contributed by atoms with E-state index in [0.717, 1.165) is 31.8 Å². The van der Waals surface area contributed by atoms with Crippen LogP contribution in [0.2, 0.25) is 0 Å². The highest BCUT2D eigenvalue weighted by atomic mass is 35.5. The average Bonchev–Trinajstić information content (AvgIpc) is 3.30. The van der Waals surface area contributed by atoms with E-state index in [1.165, 1.54) is 19.4 Å². The summed E-state index contributed by atoms with van der Waals surface area (Å²) in [6.45, 7) is 2.88. The van der Waals surface area contributed by atoms with E-state index in [4.69, 9.17) is 0 Å². The van der Waals surface area contributed by atoms with Crippen LogP contribution in [0.3, 0.4) is 0 Å². The minimum absolute atomic E-state index is 0. The maximum absolute atomic E-state index is 12.2. The molecule has 1 aromatic rings. The van der Waals surface area contributed by atoms with Crippen molar-refractivity contribution in [2.45, 2.75) is 31.7 Å². The summed E-state index contributed by atoms with van der Waals surface area (Å²) >= 11 is 0. The van der Waals surface area contributed by atoms with Crippen LogP contribution in [0.5, 0.6) is 0 Å². The van der Waals surface area contributed by atoms with Crippen molar-refractivity contribution in [2.24, 2.45) is 5.92 Å². The lowest BCUT2D eigenvalue weighted by Gasteiger charge is -2.32. The molecule has 6 heteroatoms. The molecule has 21 heavy (non-hydrogen) atoms. The highest BCUT2D eigenvalue weighted by Crippen LogP contribution is 2.28. The number of carbonyl (C=O) groups excluding carboxylic acids is 1.